The lowest BCUT2D eigenvalue weighted by molar-refractivity contribution is -0.133. The molecular weight excluding hydrogens is 446 g/mol. The first-order valence-electron chi connectivity index (χ1n) is 14.8. The minimum Gasteiger partial charge on any atom is -0.340 e. The van der Waals surface area contributed by atoms with Gasteiger partial charge in [-0.2, -0.15) is 0 Å². The molecular formula is C31H51N3O2. The zero-order valence-electron chi connectivity index (χ0n) is 23.5. The van der Waals surface area contributed by atoms with E-state index >= 15 is 0 Å². The summed E-state index contributed by atoms with van der Waals surface area (Å²) >= 11 is 0. The Morgan fingerprint density at radius 2 is 1.61 bits per heavy atom. The zero-order chi connectivity index (χ0) is 26.0. The second-order valence-corrected chi connectivity index (χ2v) is 11.3. The van der Waals surface area contributed by atoms with Crippen LogP contribution in [0.1, 0.15) is 109 Å². The lowest BCUT2D eigenvalue weighted by Gasteiger charge is -2.34. The van der Waals surface area contributed by atoms with Crippen LogP contribution in [-0.2, 0) is 9.59 Å². The maximum absolute atomic E-state index is 11.8. The average Bonchev–Trinajstić information content (AvgIpc) is 3.31. The molecule has 0 bridgehead atoms. The van der Waals surface area contributed by atoms with Crippen molar-refractivity contribution in [3.8, 4) is 0 Å². The first-order valence-corrected chi connectivity index (χ1v) is 14.8. The van der Waals surface area contributed by atoms with Crippen molar-refractivity contribution in [2.75, 3.05) is 27.2 Å². The Morgan fingerprint density at radius 3 is 2.14 bits per heavy atom. The molecule has 202 valence electrons. The number of amides is 2. The quantitative estimate of drug-likeness (QED) is 0.465. The standard InChI is InChI=1S/C13H15NO.C12H22N2O.C4H8.C2H6/c15-10-14-9-12(8-13(14)6-7-13)11-4-2-1-3-5-11;1-13(2)10-5-3-7-12(15)14-8-4-6-11(14)9-10;1-2-4-3-1;1-2/h1-5,10,12H,6-9H2;10-11H,3-9H2,1-2H3;1-4H2;1-2H3/t12-;10?,11-;;/m11../s1. The van der Waals surface area contributed by atoms with Gasteiger partial charge in [-0.25, -0.2) is 0 Å². The second kappa shape index (κ2) is 14.2. The number of likely N-dealkylation sites (tertiary alicyclic amines) is 1. The smallest absolute Gasteiger partial charge is 0.222 e. The minimum absolute atomic E-state index is 0.252. The van der Waals surface area contributed by atoms with Crippen molar-refractivity contribution in [2.45, 2.75) is 121 Å². The molecule has 5 nitrogen and oxygen atoms in total. The number of benzene rings is 1. The molecule has 5 heteroatoms. The Balaban J connectivity index is 0.000000164. The molecule has 6 rings (SSSR count). The highest BCUT2D eigenvalue weighted by Crippen LogP contribution is 2.53. The molecule has 3 saturated heterocycles. The van der Waals surface area contributed by atoms with Gasteiger partial charge in [-0.05, 0) is 71.0 Å². The fraction of sp³-hybridized carbons (Fsp3) is 0.742. The molecule has 2 saturated carbocycles. The highest BCUT2D eigenvalue weighted by molar-refractivity contribution is 5.76. The molecule has 2 amide bonds. The Hall–Kier alpha value is -1.88. The van der Waals surface area contributed by atoms with Crippen molar-refractivity contribution in [3.05, 3.63) is 35.9 Å². The van der Waals surface area contributed by atoms with Crippen LogP contribution >= 0.6 is 0 Å². The minimum atomic E-state index is 0.252. The third-order valence-electron chi connectivity index (χ3n) is 8.78. The zero-order valence-corrected chi connectivity index (χ0v) is 23.5. The average molecular weight is 498 g/mol. The Kier molecular flexibility index (Phi) is 11.3. The third-order valence-corrected chi connectivity index (χ3v) is 8.78. The summed E-state index contributed by atoms with van der Waals surface area (Å²) in [6, 6.07) is 11.8. The van der Waals surface area contributed by atoms with Gasteiger partial charge in [-0.15, -0.1) is 0 Å². The first kappa shape index (κ1) is 28.7. The number of hydrogen-bond donors (Lipinski definition) is 0. The number of nitrogens with zero attached hydrogens (tertiary/aromatic N) is 3. The van der Waals surface area contributed by atoms with Crippen molar-refractivity contribution in [1.29, 1.82) is 0 Å². The van der Waals surface area contributed by atoms with Crippen molar-refractivity contribution in [2.24, 2.45) is 0 Å². The van der Waals surface area contributed by atoms with E-state index in [9.17, 15) is 9.59 Å². The molecule has 0 radical (unpaired) electrons. The van der Waals surface area contributed by atoms with Crippen LogP contribution in [0, 0.1) is 0 Å². The van der Waals surface area contributed by atoms with Gasteiger partial charge < -0.3 is 14.7 Å². The van der Waals surface area contributed by atoms with Crippen LogP contribution in [0.4, 0.5) is 0 Å². The summed E-state index contributed by atoms with van der Waals surface area (Å²) in [4.78, 5) is 29.3. The number of carbonyl (C=O) groups excluding carboxylic acids is 2. The maximum Gasteiger partial charge on any atom is 0.222 e. The monoisotopic (exact) mass is 497 g/mol. The molecule has 1 unspecified atom stereocenters. The first-order chi connectivity index (χ1) is 17.5. The molecule has 36 heavy (non-hydrogen) atoms. The van der Waals surface area contributed by atoms with E-state index in [2.05, 4.69) is 48.2 Å². The van der Waals surface area contributed by atoms with Crippen LogP contribution in [-0.4, -0.2) is 71.8 Å². The van der Waals surface area contributed by atoms with Gasteiger partial charge in [-0.3, -0.25) is 9.59 Å². The van der Waals surface area contributed by atoms with Gasteiger partial charge in [0.15, 0.2) is 0 Å². The number of rotatable bonds is 3. The normalized spacial score (nSPS) is 27.7. The summed E-state index contributed by atoms with van der Waals surface area (Å²) in [6.07, 6.45) is 17.2. The lowest BCUT2D eigenvalue weighted by Crippen LogP contribution is -2.42. The summed E-state index contributed by atoms with van der Waals surface area (Å²) in [6.45, 7) is 5.91. The van der Waals surface area contributed by atoms with E-state index in [1.807, 2.05) is 24.8 Å². The van der Waals surface area contributed by atoms with Crippen molar-refractivity contribution < 1.29 is 9.59 Å². The highest BCUT2D eigenvalue weighted by Gasteiger charge is 2.53. The van der Waals surface area contributed by atoms with Gasteiger partial charge in [0, 0.05) is 43.1 Å². The van der Waals surface area contributed by atoms with E-state index in [1.165, 1.54) is 69.8 Å². The van der Waals surface area contributed by atoms with Gasteiger partial charge in [0.2, 0.25) is 12.3 Å². The van der Waals surface area contributed by atoms with Gasteiger partial charge in [0.25, 0.3) is 0 Å². The van der Waals surface area contributed by atoms with E-state index in [4.69, 9.17) is 0 Å². The van der Waals surface area contributed by atoms with Crippen LogP contribution in [0.2, 0.25) is 0 Å². The molecule has 3 heterocycles. The molecule has 1 aromatic carbocycles. The maximum atomic E-state index is 11.8. The van der Waals surface area contributed by atoms with Crippen molar-refractivity contribution in [1.82, 2.24) is 14.7 Å². The molecule has 0 aromatic heterocycles. The summed E-state index contributed by atoms with van der Waals surface area (Å²) in [5, 5.41) is 0. The van der Waals surface area contributed by atoms with Gasteiger partial charge in [-0.1, -0.05) is 69.9 Å². The van der Waals surface area contributed by atoms with E-state index in [0.717, 1.165) is 38.8 Å². The molecule has 1 spiro atoms. The van der Waals surface area contributed by atoms with Crippen molar-refractivity contribution in [3.63, 3.8) is 0 Å². The van der Waals surface area contributed by atoms with Gasteiger partial charge >= 0.3 is 0 Å². The summed E-state index contributed by atoms with van der Waals surface area (Å²) in [5.74, 6) is 0.952. The summed E-state index contributed by atoms with van der Waals surface area (Å²) in [5.41, 5.74) is 1.63. The van der Waals surface area contributed by atoms with E-state index < -0.39 is 0 Å². The van der Waals surface area contributed by atoms with Gasteiger partial charge in [0.1, 0.15) is 0 Å². The highest BCUT2D eigenvalue weighted by atomic mass is 16.2. The number of fused-ring (bicyclic) bond motifs is 1. The fourth-order valence-electron chi connectivity index (χ4n) is 6.00. The SMILES string of the molecule is C1CCC1.CC.CN(C)C1CCCC(=O)N2CCC[C@@H]2C1.O=CN1C[C@H](c2ccccc2)CC12CC2. The van der Waals surface area contributed by atoms with E-state index in [0.29, 0.717) is 23.9 Å². The third kappa shape index (κ3) is 7.57. The number of carbonyl (C=O) groups is 2. The largest absolute Gasteiger partial charge is 0.340 e. The Morgan fingerprint density at radius 1 is 0.944 bits per heavy atom. The second-order valence-electron chi connectivity index (χ2n) is 11.3. The van der Waals surface area contributed by atoms with Crippen LogP contribution < -0.4 is 0 Å². The Bertz CT molecular complexity index is 784. The predicted molar refractivity (Wildman–Crippen MR) is 149 cm³/mol. The molecule has 3 aliphatic heterocycles. The van der Waals surface area contributed by atoms with Gasteiger partial charge in [0.05, 0.1) is 0 Å². The predicted octanol–water partition coefficient (Wildman–Crippen LogP) is 6.23. The van der Waals surface area contributed by atoms with Crippen LogP contribution in [0.5, 0.6) is 0 Å². The molecule has 0 N–H and O–H groups in total. The molecule has 1 aromatic rings. The molecule has 5 fully saturated rings. The molecule has 2 aliphatic carbocycles. The van der Waals surface area contributed by atoms with E-state index in [1.54, 1.807) is 0 Å². The molecule has 5 aliphatic rings. The topological polar surface area (TPSA) is 43.9 Å². The summed E-state index contributed by atoms with van der Waals surface area (Å²) in [7, 11) is 4.32. The summed E-state index contributed by atoms with van der Waals surface area (Å²) < 4.78 is 0. The fourth-order valence-corrected chi connectivity index (χ4v) is 6.00. The van der Waals surface area contributed by atoms with Crippen LogP contribution in [0.25, 0.3) is 0 Å². The Labute approximate surface area is 220 Å². The van der Waals surface area contributed by atoms with E-state index in [-0.39, 0.29) is 5.54 Å². The van der Waals surface area contributed by atoms with Crippen molar-refractivity contribution >= 4 is 12.3 Å². The van der Waals surface area contributed by atoms with Crippen LogP contribution in [0.15, 0.2) is 30.3 Å². The van der Waals surface area contributed by atoms with Crippen LogP contribution in [0.3, 0.4) is 0 Å². The molecule has 3 atom stereocenters. The number of hydrogen-bond acceptors (Lipinski definition) is 3. The lowest BCUT2D eigenvalue weighted by atomic mass is 9.96.